The Morgan fingerprint density at radius 2 is 2.33 bits per heavy atom. The molecule has 1 N–H and O–H groups in total. The Bertz CT molecular complexity index is 439. The molecule has 2 aromatic rings. The monoisotopic (exact) mass is 206 g/mol. The highest BCUT2D eigenvalue weighted by atomic mass is 19.1. The summed E-state index contributed by atoms with van der Waals surface area (Å²) in [6, 6.07) is 4.60. The van der Waals surface area contributed by atoms with Gasteiger partial charge >= 0.3 is 0 Å². The number of aromatic nitrogens is 3. The van der Waals surface area contributed by atoms with Gasteiger partial charge in [0.25, 0.3) is 0 Å². The van der Waals surface area contributed by atoms with Crippen LogP contribution in [-0.4, -0.2) is 21.8 Å². The first kappa shape index (κ1) is 9.79. The third-order valence-corrected chi connectivity index (χ3v) is 2.07. The highest BCUT2D eigenvalue weighted by molar-refractivity contribution is 5.40. The van der Waals surface area contributed by atoms with Gasteiger partial charge in [0.05, 0.1) is 5.69 Å². The molecule has 5 heteroatoms. The number of nitrogens with one attached hydrogen (secondary N) is 1. The van der Waals surface area contributed by atoms with Gasteiger partial charge in [0.2, 0.25) is 0 Å². The van der Waals surface area contributed by atoms with Gasteiger partial charge in [0.1, 0.15) is 18.5 Å². The summed E-state index contributed by atoms with van der Waals surface area (Å²) < 4.78 is 14.7. The van der Waals surface area contributed by atoms with Crippen LogP contribution in [0.3, 0.4) is 0 Å². The SMILES string of the molecule is CNCc1cc(F)ccc1-n1cncn1. The minimum atomic E-state index is -0.246. The molecule has 0 aliphatic carbocycles. The molecule has 0 atom stereocenters. The molecular weight excluding hydrogens is 195 g/mol. The molecule has 0 saturated heterocycles. The molecule has 4 nitrogen and oxygen atoms in total. The molecule has 2 rings (SSSR count). The molecule has 0 saturated carbocycles. The van der Waals surface area contributed by atoms with E-state index in [1.165, 1.54) is 18.5 Å². The van der Waals surface area contributed by atoms with E-state index in [9.17, 15) is 4.39 Å². The Balaban J connectivity index is 2.46. The Labute approximate surface area is 86.8 Å². The number of benzene rings is 1. The lowest BCUT2D eigenvalue weighted by Crippen LogP contribution is -2.09. The zero-order valence-corrected chi connectivity index (χ0v) is 8.31. The van der Waals surface area contributed by atoms with E-state index >= 15 is 0 Å². The lowest BCUT2D eigenvalue weighted by atomic mass is 10.1. The summed E-state index contributed by atoms with van der Waals surface area (Å²) in [6.45, 7) is 0.590. The first-order chi connectivity index (χ1) is 7.31. The van der Waals surface area contributed by atoms with E-state index in [-0.39, 0.29) is 5.82 Å². The predicted octanol–water partition coefficient (Wildman–Crippen LogP) is 1.13. The molecule has 0 bridgehead atoms. The molecule has 0 amide bonds. The zero-order chi connectivity index (χ0) is 10.7. The van der Waals surface area contributed by atoms with Crippen molar-refractivity contribution in [3.63, 3.8) is 0 Å². The number of rotatable bonds is 3. The molecule has 0 radical (unpaired) electrons. The number of hydrogen-bond acceptors (Lipinski definition) is 3. The molecule has 0 unspecified atom stereocenters. The smallest absolute Gasteiger partial charge is 0.138 e. The number of halogens is 1. The summed E-state index contributed by atoms with van der Waals surface area (Å²) in [7, 11) is 1.82. The van der Waals surface area contributed by atoms with Crippen molar-refractivity contribution in [2.75, 3.05) is 7.05 Å². The second-order valence-electron chi connectivity index (χ2n) is 3.14. The molecule has 0 aliphatic heterocycles. The molecule has 15 heavy (non-hydrogen) atoms. The molecule has 1 aromatic carbocycles. The van der Waals surface area contributed by atoms with Crippen molar-refractivity contribution in [3.05, 3.63) is 42.2 Å². The Hall–Kier alpha value is -1.75. The largest absolute Gasteiger partial charge is 0.316 e. The van der Waals surface area contributed by atoms with Crippen LogP contribution in [0, 0.1) is 5.82 Å². The van der Waals surface area contributed by atoms with Crippen molar-refractivity contribution in [2.24, 2.45) is 0 Å². The van der Waals surface area contributed by atoms with E-state index in [0.29, 0.717) is 6.54 Å². The normalized spacial score (nSPS) is 10.5. The van der Waals surface area contributed by atoms with E-state index in [1.807, 2.05) is 7.05 Å². The van der Waals surface area contributed by atoms with Gasteiger partial charge in [0.15, 0.2) is 0 Å². The maximum Gasteiger partial charge on any atom is 0.138 e. The lowest BCUT2D eigenvalue weighted by Gasteiger charge is -2.08. The highest BCUT2D eigenvalue weighted by Crippen LogP contribution is 2.14. The zero-order valence-electron chi connectivity index (χ0n) is 8.31. The van der Waals surface area contributed by atoms with E-state index in [2.05, 4.69) is 15.4 Å². The van der Waals surface area contributed by atoms with Gasteiger partial charge in [-0.3, -0.25) is 0 Å². The van der Waals surface area contributed by atoms with Crippen LogP contribution >= 0.6 is 0 Å². The average Bonchev–Trinajstić information content (AvgIpc) is 2.71. The van der Waals surface area contributed by atoms with Crippen molar-refractivity contribution in [1.29, 1.82) is 0 Å². The van der Waals surface area contributed by atoms with Crippen LogP contribution in [0.5, 0.6) is 0 Å². The maximum atomic E-state index is 13.0. The first-order valence-electron chi connectivity index (χ1n) is 4.59. The maximum absolute atomic E-state index is 13.0. The van der Waals surface area contributed by atoms with E-state index in [4.69, 9.17) is 0 Å². The summed E-state index contributed by atoms with van der Waals surface area (Å²) >= 11 is 0. The lowest BCUT2D eigenvalue weighted by molar-refractivity contribution is 0.622. The summed E-state index contributed by atoms with van der Waals surface area (Å²) in [6.07, 6.45) is 3.04. The minimum Gasteiger partial charge on any atom is -0.316 e. The summed E-state index contributed by atoms with van der Waals surface area (Å²) in [4.78, 5) is 3.86. The fourth-order valence-corrected chi connectivity index (χ4v) is 1.44. The molecule has 1 aromatic heterocycles. The molecule has 0 aliphatic rings. The second-order valence-corrected chi connectivity index (χ2v) is 3.14. The van der Waals surface area contributed by atoms with E-state index in [1.54, 1.807) is 17.1 Å². The average molecular weight is 206 g/mol. The first-order valence-corrected chi connectivity index (χ1v) is 4.59. The van der Waals surface area contributed by atoms with E-state index in [0.717, 1.165) is 11.3 Å². The van der Waals surface area contributed by atoms with Crippen molar-refractivity contribution in [2.45, 2.75) is 6.54 Å². The third kappa shape index (κ3) is 2.02. The molecular formula is C10H11FN4. The number of hydrogen-bond donors (Lipinski definition) is 1. The van der Waals surface area contributed by atoms with Crippen LogP contribution in [0.15, 0.2) is 30.9 Å². The van der Waals surface area contributed by atoms with Crippen LogP contribution in [0.4, 0.5) is 4.39 Å². The summed E-state index contributed by atoms with van der Waals surface area (Å²) in [5.74, 6) is -0.246. The van der Waals surface area contributed by atoms with Gasteiger partial charge in [-0.05, 0) is 30.8 Å². The second kappa shape index (κ2) is 4.18. The van der Waals surface area contributed by atoms with Gasteiger partial charge in [-0.2, -0.15) is 5.10 Å². The molecule has 78 valence electrons. The fourth-order valence-electron chi connectivity index (χ4n) is 1.44. The van der Waals surface area contributed by atoms with Crippen LogP contribution in [0.2, 0.25) is 0 Å². The summed E-state index contributed by atoms with van der Waals surface area (Å²) in [5, 5.41) is 7.00. The van der Waals surface area contributed by atoms with Gasteiger partial charge in [-0.25, -0.2) is 14.1 Å². The van der Waals surface area contributed by atoms with Crippen LogP contribution in [0.25, 0.3) is 5.69 Å². The van der Waals surface area contributed by atoms with Gasteiger partial charge < -0.3 is 5.32 Å². The van der Waals surface area contributed by atoms with Crippen LogP contribution < -0.4 is 5.32 Å². The van der Waals surface area contributed by atoms with E-state index < -0.39 is 0 Å². The highest BCUT2D eigenvalue weighted by Gasteiger charge is 2.05. The minimum absolute atomic E-state index is 0.246. The van der Waals surface area contributed by atoms with Crippen molar-refractivity contribution in [1.82, 2.24) is 20.1 Å². The van der Waals surface area contributed by atoms with Gasteiger partial charge in [-0.15, -0.1) is 0 Å². The fraction of sp³-hybridized carbons (Fsp3) is 0.200. The van der Waals surface area contributed by atoms with Crippen LogP contribution in [0.1, 0.15) is 5.56 Å². The molecule has 0 spiro atoms. The Morgan fingerprint density at radius 3 is 3.00 bits per heavy atom. The van der Waals surface area contributed by atoms with Crippen LogP contribution in [-0.2, 0) is 6.54 Å². The Morgan fingerprint density at radius 1 is 1.47 bits per heavy atom. The predicted molar refractivity (Wildman–Crippen MR) is 54.1 cm³/mol. The molecule has 0 fully saturated rings. The topological polar surface area (TPSA) is 42.7 Å². The van der Waals surface area contributed by atoms with Crippen molar-refractivity contribution in [3.8, 4) is 5.69 Å². The van der Waals surface area contributed by atoms with Gasteiger partial charge in [-0.1, -0.05) is 0 Å². The summed E-state index contributed by atoms with van der Waals surface area (Å²) in [5.41, 5.74) is 1.69. The quantitative estimate of drug-likeness (QED) is 0.818. The Kier molecular flexibility index (Phi) is 2.73. The molecule has 1 heterocycles. The van der Waals surface area contributed by atoms with Gasteiger partial charge in [0, 0.05) is 6.54 Å². The third-order valence-electron chi connectivity index (χ3n) is 2.07. The number of nitrogens with zero attached hydrogens (tertiary/aromatic N) is 3. The van der Waals surface area contributed by atoms with Crippen molar-refractivity contribution >= 4 is 0 Å². The standard InChI is InChI=1S/C10H11FN4/c1-12-5-8-4-9(11)2-3-10(8)15-7-13-6-14-15/h2-4,6-7,12H,5H2,1H3. The van der Waals surface area contributed by atoms with Crippen molar-refractivity contribution < 1.29 is 4.39 Å².